The molecule has 0 aliphatic heterocycles. The molecule has 2 aliphatic rings. The van der Waals surface area contributed by atoms with E-state index in [-0.39, 0.29) is 35.2 Å². The van der Waals surface area contributed by atoms with Gasteiger partial charge in [0.15, 0.2) is 5.65 Å². The van der Waals surface area contributed by atoms with Crippen molar-refractivity contribution in [2.75, 3.05) is 0 Å². The summed E-state index contributed by atoms with van der Waals surface area (Å²) in [7, 11) is 0. The van der Waals surface area contributed by atoms with Crippen LogP contribution in [0.2, 0.25) is 0 Å². The van der Waals surface area contributed by atoms with Crippen LogP contribution < -0.4 is 5.56 Å². The molecule has 0 unspecified atom stereocenters. The standard InChI is InChI=1S/C21H21F3N4O.C7H9F/c1-13-11-26-17-10-15(14-6-3-2-4-7-14)20(29)28(19(17)27-13)12-18-16(21(22,23)24)8-5-9-25-18;1-6-3-2-4-7(8)5-6/h5,8-11,14H,2-4,6-7,12H2,1H3;4-5H,2-3H2,1H3. The van der Waals surface area contributed by atoms with Crippen molar-refractivity contribution >= 4 is 11.2 Å². The van der Waals surface area contributed by atoms with Gasteiger partial charge in [0, 0.05) is 18.0 Å². The normalized spacial score (nSPS) is 16.6. The summed E-state index contributed by atoms with van der Waals surface area (Å²) in [5.41, 5.74) is 1.80. The number of hydrogen-bond donors (Lipinski definition) is 0. The van der Waals surface area contributed by atoms with Crippen molar-refractivity contribution in [3.63, 3.8) is 0 Å². The molecule has 3 aromatic heterocycles. The average Bonchev–Trinajstić information content (AvgIpc) is 2.86. The summed E-state index contributed by atoms with van der Waals surface area (Å²) in [6, 6.07) is 3.99. The van der Waals surface area contributed by atoms with Gasteiger partial charge in [-0.3, -0.25) is 19.3 Å². The summed E-state index contributed by atoms with van der Waals surface area (Å²) in [6.07, 6.45) is 8.47. The molecule has 1 fully saturated rings. The number of halogens is 4. The molecule has 196 valence electrons. The molecule has 9 heteroatoms. The minimum Gasteiger partial charge on any atom is -0.285 e. The fourth-order valence-electron chi connectivity index (χ4n) is 4.86. The largest absolute Gasteiger partial charge is 0.418 e. The number of allylic oxidation sites excluding steroid dienone is 4. The maximum Gasteiger partial charge on any atom is 0.418 e. The molecule has 0 bridgehead atoms. The quantitative estimate of drug-likeness (QED) is 0.347. The number of rotatable bonds is 3. The van der Waals surface area contributed by atoms with E-state index in [2.05, 4.69) is 15.0 Å². The molecular weight excluding hydrogens is 484 g/mol. The Balaban J connectivity index is 0.000000342. The van der Waals surface area contributed by atoms with E-state index in [0.717, 1.165) is 56.6 Å². The predicted octanol–water partition coefficient (Wildman–Crippen LogP) is 7.19. The van der Waals surface area contributed by atoms with Crippen LogP contribution in [0.1, 0.15) is 80.3 Å². The second-order valence-corrected chi connectivity index (χ2v) is 9.66. The topological polar surface area (TPSA) is 60.7 Å². The predicted molar refractivity (Wildman–Crippen MR) is 135 cm³/mol. The number of pyridine rings is 2. The zero-order valence-electron chi connectivity index (χ0n) is 21.0. The van der Waals surface area contributed by atoms with Crippen LogP contribution in [0.4, 0.5) is 17.6 Å². The molecule has 0 N–H and O–H groups in total. The summed E-state index contributed by atoms with van der Waals surface area (Å²) >= 11 is 0. The van der Waals surface area contributed by atoms with Crippen LogP contribution in [0.25, 0.3) is 11.2 Å². The van der Waals surface area contributed by atoms with Crippen molar-refractivity contribution in [2.45, 2.75) is 77.4 Å². The van der Waals surface area contributed by atoms with Crippen LogP contribution >= 0.6 is 0 Å². The first-order valence-corrected chi connectivity index (χ1v) is 12.5. The van der Waals surface area contributed by atoms with Crippen LogP contribution in [-0.2, 0) is 12.7 Å². The van der Waals surface area contributed by atoms with Crippen molar-refractivity contribution in [3.8, 4) is 0 Å². The number of hydrogen-bond acceptors (Lipinski definition) is 4. The summed E-state index contributed by atoms with van der Waals surface area (Å²) in [5, 5.41) is 0. The van der Waals surface area contributed by atoms with Crippen LogP contribution in [0.5, 0.6) is 0 Å². The summed E-state index contributed by atoms with van der Waals surface area (Å²) in [4.78, 5) is 26.1. The van der Waals surface area contributed by atoms with Crippen molar-refractivity contribution in [2.24, 2.45) is 0 Å². The molecule has 0 atom stereocenters. The first-order valence-electron chi connectivity index (χ1n) is 12.5. The first-order chi connectivity index (χ1) is 17.6. The third-order valence-corrected chi connectivity index (χ3v) is 6.75. The molecule has 0 aromatic carbocycles. The zero-order chi connectivity index (χ0) is 26.6. The molecule has 1 saturated carbocycles. The monoisotopic (exact) mass is 514 g/mol. The highest BCUT2D eigenvalue weighted by Crippen LogP contribution is 2.33. The Hall–Kier alpha value is -3.36. The third-order valence-electron chi connectivity index (χ3n) is 6.75. The molecule has 5 nitrogen and oxygen atoms in total. The Morgan fingerprint density at radius 1 is 1.11 bits per heavy atom. The molecule has 0 amide bonds. The van der Waals surface area contributed by atoms with Crippen LogP contribution in [0, 0.1) is 6.92 Å². The van der Waals surface area contributed by atoms with Gasteiger partial charge in [0.2, 0.25) is 0 Å². The van der Waals surface area contributed by atoms with Gasteiger partial charge in [-0.2, -0.15) is 13.2 Å². The van der Waals surface area contributed by atoms with Crippen LogP contribution in [0.15, 0.2) is 58.9 Å². The fourth-order valence-corrected chi connectivity index (χ4v) is 4.86. The molecular formula is C28H30F4N4O. The molecule has 0 spiro atoms. The lowest BCUT2D eigenvalue weighted by molar-refractivity contribution is -0.138. The highest BCUT2D eigenvalue weighted by Gasteiger charge is 2.34. The minimum atomic E-state index is -4.55. The van der Waals surface area contributed by atoms with E-state index >= 15 is 0 Å². The Morgan fingerprint density at radius 3 is 2.51 bits per heavy atom. The van der Waals surface area contributed by atoms with Crippen molar-refractivity contribution in [3.05, 3.63) is 87.0 Å². The summed E-state index contributed by atoms with van der Waals surface area (Å²) < 4.78 is 53.9. The van der Waals surface area contributed by atoms with Gasteiger partial charge < -0.3 is 0 Å². The summed E-state index contributed by atoms with van der Waals surface area (Å²) in [5.74, 6) is 0.0228. The third kappa shape index (κ3) is 6.50. The van der Waals surface area contributed by atoms with Gasteiger partial charge in [-0.05, 0) is 75.8 Å². The fraction of sp³-hybridized carbons (Fsp3) is 0.429. The summed E-state index contributed by atoms with van der Waals surface area (Å²) in [6.45, 7) is 3.38. The van der Waals surface area contributed by atoms with Gasteiger partial charge in [-0.15, -0.1) is 0 Å². The second-order valence-electron chi connectivity index (χ2n) is 9.66. The number of aryl methyl sites for hydroxylation is 1. The Bertz CT molecular complexity index is 1390. The Kier molecular flexibility index (Phi) is 8.19. The minimum absolute atomic E-state index is 0.0752. The van der Waals surface area contributed by atoms with Gasteiger partial charge in [-0.25, -0.2) is 9.37 Å². The first kappa shape index (κ1) is 26.7. The van der Waals surface area contributed by atoms with Gasteiger partial charge in [-0.1, -0.05) is 24.8 Å². The lowest BCUT2D eigenvalue weighted by atomic mass is 9.84. The highest BCUT2D eigenvalue weighted by atomic mass is 19.4. The van der Waals surface area contributed by atoms with E-state index in [1.54, 1.807) is 31.3 Å². The molecule has 2 aliphatic carbocycles. The van der Waals surface area contributed by atoms with Gasteiger partial charge >= 0.3 is 6.18 Å². The second kappa shape index (κ2) is 11.4. The lowest BCUT2D eigenvalue weighted by Crippen LogP contribution is -2.29. The SMILES string of the molecule is CC1=CC(F)=CCC1.Cc1cnc2cc(C3CCCCC3)c(=O)n(Cc3ncccc3C(F)(F)F)c2n1. The Morgan fingerprint density at radius 2 is 1.86 bits per heavy atom. The van der Waals surface area contributed by atoms with Crippen molar-refractivity contribution in [1.82, 2.24) is 19.5 Å². The smallest absolute Gasteiger partial charge is 0.285 e. The van der Waals surface area contributed by atoms with Crippen LogP contribution in [0.3, 0.4) is 0 Å². The number of alkyl halides is 3. The molecule has 3 heterocycles. The van der Waals surface area contributed by atoms with E-state index < -0.39 is 11.7 Å². The van der Waals surface area contributed by atoms with Crippen molar-refractivity contribution in [1.29, 1.82) is 0 Å². The van der Waals surface area contributed by atoms with E-state index in [1.165, 1.54) is 16.8 Å². The molecule has 3 aromatic rings. The molecule has 0 radical (unpaired) electrons. The lowest BCUT2D eigenvalue weighted by Gasteiger charge is -2.23. The number of aromatic nitrogens is 4. The maximum atomic E-state index is 13.4. The van der Waals surface area contributed by atoms with E-state index in [4.69, 9.17) is 0 Å². The molecule has 0 saturated heterocycles. The van der Waals surface area contributed by atoms with Crippen LogP contribution in [-0.4, -0.2) is 19.5 Å². The van der Waals surface area contributed by atoms with E-state index in [1.807, 2.05) is 6.92 Å². The molecule has 5 rings (SSSR count). The van der Waals surface area contributed by atoms with Gasteiger partial charge in [0.25, 0.3) is 5.56 Å². The van der Waals surface area contributed by atoms with E-state index in [9.17, 15) is 22.4 Å². The maximum absolute atomic E-state index is 13.4. The van der Waals surface area contributed by atoms with E-state index in [0.29, 0.717) is 16.8 Å². The number of nitrogens with zero attached hydrogens (tertiary/aromatic N) is 4. The average molecular weight is 515 g/mol. The zero-order valence-corrected chi connectivity index (χ0v) is 21.0. The molecule has 37 heavy (non-hydrogen) atoms. The Labute approximate surface area is 213 Å². The van der Waals surface area contributed by atoms with Crippen molar-refractivity contribution < 1.29 is 17.6 Å². The van der Waals surface area contributed by atoms with Gasteiger partial charge in [0.05, 0.1) is 23.5 Å². The highest BCUT2D eigenvalue weighted by molar-refractivity contribution is 5.71. The van der Waals surface area contributed by atoms with Gasteiger partial charge in [0.1, 0.15) is 11.3 Å². The number of fused-ring (bicyclic) bond motifs is 1.